The fourth-order valence-corrected chi connectivity index (χ4v) is 0.588. The molecule has 8 heavy (non-hydrogen) atoms. The van der Waals surface area contributed by atoms with Crippen molar-refractivity contribution in [1.82, 2.24) is 0 Å². The topological polar surface area (TPSA) is 24.7 Å². The van der Waals surface area contributed by atoms with E-state index in [4.69, 9.17) is 0 Å². The van der Waals surface area contributed by atoms with Crippen LogP contribution in [0.25, 0.3) is 0 Å². The van der Waals surface area contributed by atoms with E-state index in [1.807, 2.05) is 13.8 Å². The van der Waals surface area contributed by atoms with Crippen LogP contribution in [0.5, 0.6) is 0 Å². The lowest BCUT2D eigenvalue weighted by atomic mass is 10.8. The van der Waals surface area contributed by atoms with E-state index in [2.05, 4.69) is 9.39 Å². The number of aliphatic imine (C=N–C) groups is 1. The minimum atomic E-state index is 0.840. The lowest BCUT2D eigenvalue weighted by molar-refractivity contribution is 1.15. The van der Waals surface area contributed by atoms with E-state index in [1.165, 1.54) is 11.9 Å². The van der Waals surface area contributed by atoms with Crippen molar-refractivity contribution in [2.75, 3.05) is 6.54 Å². The van der Waals surface area contributed by atoms with Crippen molar-refractivity contribution in [3.63, 3.8) is 0 Å². The summed E-state index contributed by atoms with van der Waals surface area (Å²) in [7, 11) is 0. The zero-order chi connectivity index (χ0) is 6.24. The summed E-state index contributed by atoms with van der Waals surface area (Å²) in [6, 6.07) is 0. The molecule has 0 aromatic rings. The molecule has 0 spiro atoms. The van der Waals surface area contributed by atoms with E-state index in [0.29, 0.717) is 0 Å². The second-order valence-corrected chi connectivity index (χ2v) is 1.71. The smallest absolute Gasteiger partial charge is 0.0770 e. The average Bonchev–Trinajstić information content (AvgIpc) is 1.81. The maximum atomic E-state index is 3.93. The molecule has 0 N–H and O–H groups in total. The molecule has 0 aromatic carbocycles. The Hall–Kier alpha value is -0.310. The molecule has 0 unspecified atom stereocenters. The van der Waals surface area contributed by atoms with Crippen molar-refractivity contribution in [3.05, 3.63) is 0 Å². The maximum absolute atomic E-state index is 3.93. The van der Waals surface area contributed by atoms with Gasteiger partial charge in [-0.15, -0.1) is 0 Å². The van der Waals surface area contributed by atoms with Crippen LogP contribution in [0.3, 0.4) is 0 Å². The molecule has 0 aromatic heterocycles. The van der Waals surface area contributed by atoms with Crippen LogP contribution >= 0.6 is 11.9 Å². The third-order valence-electron chi connectivity index (χ3n) is 0.471. The molecule has 0 fully saturated rings. The van der Waals surface area contributed by atoms with Gasteiger partial charge < -0.3 is 0 Å². The summed E-state index contributed by atoms with van der Waals surface area (Å²) in [6.45, 7) is 4.71. The SMILES string of the molecule is CC=NSC=NCC. The van der Waals surface area contributed by atoms with Crippen molar-refractivity contribution in [3.8, 4) is 0 Å². The van der Waals surface area contributed by atoms with Gasteiger partial charge in [0.2, 0.25) is 0 Å². The van der Waals surface area contributed by atoms with E-state index in [0.717, 1.165) is 6.54 Å². The van der Waals surface area contributed by atoms with E-state index in [9.17, 15) is 0 Å². The largest absolute Gasteiger partial charge is 0.285 e. The zero-order valence-corrected chi connectivity index (χ0v) is 5.98. The molecule has 0 bridgehead atoms. The van der Waals surface area contributed by atoms with E-state index in [1.54, 1.807) is 11.8 Å². The Morgan fingerprint density at radius 1 is 1.62 bits per heavy atom. The predicted octanol–water partition coefficient (Wildman–Crippen LogP) is 1.77. The van der Waals surface area contributed by atoms with Crippen molar-refractivity contribution < 1.29 is 0 Å². The number of hydrogen-bond donors (Lipinski definition) is 0. The monoisotopic (exact) mass is 130 g/mol. The van der Waals surface area contributed by atoms with Gasteiger partial charge in [-0.2, -0.15) is 0 Å². The van der Waals surface area contributed by atoms with Crippen LogP contribution in [0, 0.1) is 0 Å². The summed E-state index contributed by atoms with van der Waals surface area (Å²) in [4.78, 5) is 3.93. The Labute approximate surface area is 54.2 Å². The van der Waals surface area contributed by atoms with Crippen LogP contribution in [-0.2, 0) is 0 Å². The molecule has 3 heteroatoms. The van der Waals surface area contributed by atoms with Gasteiger partial charge in [0.05, 0.1) is 5.55 Å². The molecular formula is C5H10N2S. The highest BCUT2D eigenvalue weighted by atomic mass is 32.2. The molecule has 0 aliphatic heterocycles. The quantitative estimate of drug-likeness (QED) is 0.324. The van der Waals surface area contributed by atoms with Crippen LogP contribution in [0.1, 0.15) is 13.8 Å². The Morgan fingerprint density at radius 2 is 2.38 bits per heavy atom. The molecule has 0 atom stereocenters. The lowest BCUT2D eigenvalue weighted by Crippen LogP contribution is -1.65. The maximum Gasteiger partial charge on any atom is 0.0770 e. The van der Waals surface area contributed by atoms with Gasteiger partial charge in [-0.25, -0.2) is 4.40 Å². The first-order chi connectivity index (χ1) is 3.91. The fourth-order valence-electron chi connectivity index (χ4n) is 0.196. The van der Waals surface area contributed by atoms with Crippen LogP contribution in [0.4, 0.5) is 0 Å². The Kier molecular flexibility index (Phi) is 6.43. The van der Waals surface area contributed by atoms with Crippen molar-refractivity contribution in [2.24, 2.45) is 9.39 Å². The molecule has 0 heterocycles. The van der Waals surface area contributed by atoms with Gasteiger partial charge in [-0.3, -0.25) is 4.99 Å². The van der Waals surface area contributed by atoms with Crippen molar-refractivity contribution >= 4 is 23.7 Å². The van der Waals surface area contributed by atoms with Gasteiger partial charge in [0, 0.05) is 24.7 Å². The first kappa shape index (κ1) is 7.69. The van der Waals surface area contributed by atoms with Gasteiger partial charge in [-0.1, -0.05) is 0 Å². The van der Waals surface area contributed by atoms with Crippen LogP contribution in [0.15, 0.2) is 9.39 Å². The van der Waals surface area contributed by atoms with Crippen molar-refractivity contribution in [2.45, 2.75) is 13.8 Å². The number of hydrogen-bond acceptors (Lipinski definition) is 3. The van der Waals surface area contributed by atoms with Gasteiger partial charge in [-0.05, 0) is 13.8 Å². The molecule has 0 aliphatic rings. The molecule has 0 saturated heterocycles. The Bertz CT molecular complexity index is 88.4. The van der Waals surface area contributed by atoms with E-state index in [-0.39, 0.29) is 0 Å². The minimum Gasteiger partial charge on any atom is -0.285 e. The summed E-state index contributed by atoms with van der Waals surface area (Å²) in [5, 5.41) is 0. The third-order valence-corrected chi connectivity index (χ3v) is 1.05. The zero-order valence-electron chi connectivity index (χ0n) is 5.16. The Balaban J connectivity index is 3.03. The summed E-state index contributed by atoms with van der Waals surface area (Å²) in [5.41, 5.74) is 1.74. The highest BCUT2D eigenvalue weighted by Gasteiger charge is 1.66. The van der Waals surface area contributed by atoms with Crippen LogP contribution in [-0.4, -0.2) is 18.3 Å². The fraction of sp³-hybridized carbons (Fsp3) is 0.600. The molecule has 46 valence electrons. The van der Waals surface area contributed by atoms with Gasteiger partial charge in [0.25, 0.3) is 0 Å². The number of rotatable bonds is 3. The molecule has 0 rings (SSSR count). The Morgan fingerprint density at radius 3 is 2.88 bits per heavy atom. The van der Waals surface area contributed by atoms with Crippen molar-refractivity contribution in [1.29, 1.82) is 0 Å². The average molecular weight is 130 g/mol. The molecule has 0 amide bonds. The normalized spacial score (nSPS) is 11.8. The first-order valence-corrected chi connectivity index (χ1v) is 3.37. The molecule has 0 saturated carbocycles. The summed E-state index contributed by atoms with van der Waals surface area (Å²) in [5.74, 6) is 0. The highest BCUT2D eigenvalue weighted by Crippen LogP contribution is 1.92. The predicted molar refractivity (Wildman–Crippen MR) is 40.8 cm³/mol. The van der Waals surface area contributed by atoms with Crippen LogP contribution in [0.2, 0.25) is 0 Å². The molecular weight excluding hydrogens is 120 g/mol. The molecule has 0 aliphatic carbocycles. The standard InChI is InChI=1S/C5H10N2S/c1-3-6-5-8-7-4-2/h4-5H,3H2,1-2H3. The molecule has 2 nitrogen and oxygen atoms in total. The van der Waals surface area contributed by atoms with E-state index < -0.39 is 0 Å². The number of nitrogens with zero attached hydrogens (tertiary/aromatic N) is 2. The summed E-state index contributed by atoms with van der Waals surface area (Å²) < 4.78 is 3.85. The van der Waals surface area contributed by atoms with E-state index >= 15 is 0 Å². The highest BCUT2D eigenvalue weighted by molar-refractivity contribution is 8.11. The van der Waals surface area contributed by atoms with Gasteiger partial charge in [0.15, 0.2) is 0 Å². The van der Waals surface area contributed by atoms with Gasteiger partial charge in [0.1, 0.15) is 0 Å². The first-order valence-electron chi connectivity index (χ1n) is 2.54. The van der Waals surface area contributed by atoms with Crippen LogP contribution < -0.4 is 0 Å². The third kappa shape index (κ3) is 5.69. The summed E-state index contributed by atoms with van der Waals surface area (Å²) >= 11 is 1.36. The summed E-state index contributed by atoms with van der Waals surface area (Å²) in [6.07, 6.45) is 1.74. The second-order valence-electron chi connectivity index (χ2n) is 1.07. The van der Waals surface area contributed by atoms with Gasteiger partial charge >= 0.3 is 0 Å². The minimum absolute atomic E-state index is 0.840. The second kappa shape index (κ2) is 6.69. The molecule has 0 radical (unpaired) electrons. The lowest BCUT2D eigenvalue weighted by Gasteiger charge is -1.77.